The fourth-order valence-electron chi connectivity index (χ4n) is 3.43. The largest absolute Gasteiger partial charge is 0.497 e. The number of amides is 2. The van der Waals surface area contributed by atoms with Gasteiger partial charge in [0.2, 0.25) is 11.8 Å². The Labute approximate surface area is 169 Å². The zero-order chi connectivity index (χ0) is 20.5. The Kier molecular flexibility index (Phi) is 8.55. The van der Waals surface area contributed by atoms with Gasteiger partial charge in [-0.15, -0.1) is 0 Å². The third-order valence-electron chi connectivity index (χ3n) is 5.27. The van der Waals surface area contributed by atoms with Crippen LogP contribution in [0.1, 0.15) is 58.4 Å². The van der Waals surface area contributed by atoms with Gasteiger partial charge in [-0.1, -0.05) is 37.6 Å². The van der Waals surface area contributed by atoms with E-state index in [1.54, 1.807) is 18.9 Å². The average molecular weight is 387 g/mol. The van der Waals surface area contributed by atoms with Gasteiger partial charge in [0.05, 0.1) is 7.11 Å². The molecular weight excluding hydrogens is 352 g/mol. The summed E-state index contributed by atoms with van der Waals surface area (Å²) >= 11 is 0. The van der Waals surface area contributed by atoms with Crippen LogP contribution in [0.15, 0.2) is 35.9 Å². The van der Waals surface area contributed by atoms with E-state index in [2.05, 4.69) is 11.4 Å². The first kappa shape index (κ1) is 22.0. The van der Waals surface area contributed by atoms with Crippen LogP contribution in [0.4, 0.5) is 0 Å². The van der Waals surface area contributed by atoms with Gasteiger partial charge in [0.15, 0.2) is 0 Å². The summed E-state index contributed by atoms with van der Waals surface area (Å²) in [5.41, 5.74) is 2.41. The minimum Gasteiger partial charge on any atom is -0.497 e. The lowest BCUT2D eigenvalue weighted by Crippen LogP contribution is -2.49. The highest BCUT2D eigenvalue weighted by Crippen LogP contribution is 2.20. The molecule has 0 radical (unpaired) electrons. The standard InChI is InChI=1S/C23H34N2O3/c1-17(2)23(27)25(16-20-10-12-21(28-4)13-11-20)18(3)22(26)24-15-14-19-8-6-5-7-9-19/h8,10-13,17-18H,5-7,9,14-16H2,1-4H3,(H,24,26)/t18-/m1/s1. The fourth-order valence-corrected chi connectivity index (χ4v) is 3.43. The first-order chi connectivity index (χ1) is 13.4. The van der Waals surface area contributed by atoms with Crippen molar-refractivity contribution in [3.05, 3.63) is 41.5 Å². The number of rotatable bonds is 9. The number of nitrogens with one attached hydrogen (secondary N) is 1. The molecule has 2 amide bonds. The monoisotopic (exact) mass is 386 g/mol. The molecule has 0 saturated heterocycles. The highest BCUT2D eigenvalue weighted by Gasteiger charge is 2.27. The smallest absolute Gasteiger partial charge is 0.242 e. The molecule has 0 fully saturated rings. The molecule has 1 aromatic rings. The van der Waals surface area contributed by atoms with Crippen LogP contribution in [0.5, 0.6) is 5.75 Å². The molecule has 1 atom stereocenters. The zero-order valence-electron chi connectivity index (χ0n) is 17.7. The van der Waals surface area contributed by atoms with E-state index in [0.29, 0.717) is 13.1 Å². The number of ether oxygens (including phenoxy) is 1. The van der Waals surface area contributed by atoms with Gasteiger partial charge in [-0.25, -0.2) is 0 Å². The van der Waals surface area contributed by atoms with Crippen LogP contribution < -0.4 is 10.1 Å². The van der Waals surface area contributed by atoms with E-state index in [-0.39, 0.29) is 17.7 Å². The van der Waals surface area contributed by atoms with Crippen molar-refractivity contribution >= 4 is 11.8 Å². The summed E-state index contributed by atoms with van der Waals surface area (Å²) in [6.07, 6.45) is 8.00. The summed E-state index contributed by atoms with van der Waals surface area (Å²) in [6.45, 7) is 6.56. The highest BCUT2D eigenvalue weighted by molar-refractivity contribution is 5.88. The number of hydrogen-bond acceptors (Lipinski definition) is 3. The third kappa shape index (κ3) is 6.39. The molecule has 0 aliphatic heterocycles. The highest BCUT2D eigenvalue weighted by atomic mass is 16.5. The molecule has 0 unspecified atom stereocenters. The molecule has 1 aliphatic carbocycles. The lowest BCUT2D eigenvalue weighted by Gasteiger charge is -2.30. The molecular formula is C23H34N2O3. The summed E-state index contributed by atoms with van der Waals surface area (Å²) in [6, 6.07) is 7.09. The lowest BCUT2D eigenvalue weighted by molar-refractivity contribution is -0.143. The maximum absolute atomic E-state index is 12.7. The molecule has 1 aliphatic rings. The summed E-state index contributed by atoms with van der Waals surface area (Å²) in [7, 11) is 1.62. The molecule has 5 nitrogen and oxygen atoms in total. The molecule has 0 heterocycles. The number of carbonyl (C=O) groups is 2. The quantitative estimate of drug-likeness (QED) is 0.651. The van der Waals surface area contributed by atoms with E-state index in [1.807, 2.05) is 38.1 Å². The molecule has 0 saturated carbocycles. The Balaban J connectivity index is 1.98. The second-order valence-electron chi connectivity index (χ2n) is 7.79. The van der Waals surface area contributed by atoms with Crippen LogP contribution in [0.2, 0.25) is 0 Å². The van der Waals surface area contributed by atoms with Gasteiger partial charge in [-0.2, -0.15) is 0 Å². The molecule has 0 bridgehead atoms. The maximum atomic E-state index is 12.7. The van der Waals surface area contributed by atoms with E-state index in [9.17, 15) is 9.59 Å². The Bertz CT molecular complexity index is 680. The lowest BCUT2D eigenvalue weighted by atomic mass is 9.97. The molecule has 1 N–H and O–H groups in total. The zero-order valence-corrected chi connectivity index (χ0v) is 17.7. The van der Waals surface area contributed by atoms with Gasteiger partial charge in [-0.05, 0) is 56.7 Å². The SMILES string of the molecule is COc1ccc(CN(C(=O)C(C)C)[C@H](C)C(=O)NCCC2=CCCCC2)cc1. The Hall–Kier alpha value is -2.30. The minimum absolute atomic E-state index is 0.0199. The summed E-state index contributed by atoms with van der Waals surface area (Å²) < 4.78 is 5.19. The number of nitrogens with zero attached hydrogens (tertiary/aromatic N) is 1. The van der Waals surface area contributed by atoms with Crippen LogP contribution in [0.3, 0.4) is 0 Å². The third-order valence-corrected chi connectivity index (χ3v) is 5.27. The van der Waals surface area contributed by atoms with Crippen LogP contribution in [0.25, 0.3) is 0 Å². The molecule has 5 heteroatoms. The van der Waals surface area contributed by atoms with Crippen LogP contribution in [-0.2, 0) is 16.1 Å². The van der Waals surface area contributed by atoms with Gasteiger partial charge in [0, 0.05) is 19.0 Å². The van der Waals surface area contributed by atoms with Crippen molar-refractivity contribution in [2.45, 2.75) is 65.5 Å². The summed E-state index contributed by atoms with van der Waals surface area (Å²) in [4.78, 5) is 27.1. The van der Waals surface area contributed by atoms with Gasteiger partial charge >= 0.3 is 0 Å². The van der Waals surface area contributed by atoms with E-state index in [4.69, 9.17) is 4.74 Å². The van der Waals surface area contributed by atoms with Crippen molar-refractivity contribution in [2.75, 3.05) is 13.7 Å². The van der Waals surface area contributed by atoms with Crippen molar-refractivity contribution in [3.63, 3.8) is 0 Å². The number of methoxy groups -OCH3 is 1. The van der Waals surface area contributed by atoms with Crippen molar-refractivity contribution < 1.29 is 14.3 Å². The first-order valence-electron chi connectivity index (χ1n) is 10.3. The molecule has 28 heavy (non-hydrogen) atoms. The van der Waals surface area contributed by atoms with Crippen molar-refractivity contribution in [3.8, 4) is 5.75 Å². The van der Waals surface area contributed by atoms with Crippen molar-refractivity contribution in [1.29, 1.82) is 0 Å². The van der Waals surface area contributed by atoms with E-state index >= 15 is 0 Å². The first-order valence-corrected chi connectivity index (χ1v) is 10.3. The molecule has 2 rings (SSSR count). The average Bonchev–Trinajstić information content (AvgIpc) is 2.72. The van der Waals surface area contributed by atoms with Crippen molar-refractivity contribution in [2.24, 2.45) is 5.92 Å². The van der Waals surface area contributed by atoms with Crippen LogP contribution in [0, 0.1) is 5.92 Å². The predicted molar refractivity (Wildman–Crippen MR) is 112 cm³/mol. The predicted octanol–water partition coefficient (Wildman–Crippen LogP) is 4.08. The number of hydrogen-bond donors (Lipinski definition) is 1. The molecule has 0 aromatic heterocycles. The van der Waals surface area contributed by atoms with Crippen molar-refractivity contribution in [1.82, 2.24) is 10.2 Å². The van der Waals surface area contributed by atoms with E-state index in [0.717, 1.165) is 30.6 Å². The fraction of sp³-hybridized carbons (Fsp3) is 0.565. The summed E-state index contributed by atoms with van der Waals surface area (Å²) in [5.74, 6) is 0.488. The molecule has 154 valence electrons. The minimum atomic E-state index is -0.516. The van der Waals surface area contributed by atoms with Gasteiger partial charge in [0.1, 0.15) is 11.8 Å². The van der Waals surface area contributed by atoms with Gasteiger partial charge in [0.25, 0.3) is 0 Å². The summed E-state index contributed by atoms with van der Waals surface area (Å²) in [5, 5.41) is 3.01. The molecule has 0 spiro atoms. The maximum Gasteiger partial charge on any atom is 0.242 e. The number of carbonyl (C=O) groups excluding carboxylic acids is 2. The van der Waals surface area contributed by atoms with Gasteiger partial charge in [-0.3, -0.25) is 9.59 Å². The van der Waals surface area contributed by atoms with Crippen LogP contribution >= 0.6 is 0 Å². The number of benzene rings is 1. The van der Waals surface area contributed by atoms with E-state index < -0.39 is 6.04 Å². The molecule has 1 aromatic carbocycles. The Morgan fingerprint density at radius 1 is 1.14 bits per heavy atom. The van der Waals surface area contributed by atoms with Gasteiger partial charge < -0.3 is 15.0 Å². The second kappa shape index (κ2) is 10.9. The Morgan fingerprint density at radius 2 is 1.86 bits per heavy atom. The normalized spacial score (nSPS) is 15.0. The second-order valence-corrected chi connectivity index (χ2v) is 7.79. The van der Waals surface area contributed by atoms with Crippen LogP contribution in [-0.4, -0.2) is 36.4 Å². The topological polar surface area (TPSA) is 58.6 Å². The van der Waals surface area contributed by atoms with E-state index in [1.165, 1.54) is 18.4 Å². The Morgan fingerprint density at radius 3 is 2.43 bits per heavy atom. The number of allylic oxidation sites excluding steroid dienone is 1.